The summed E-state index contributed by atoms with van der Waals surface area (Å²) in [7, 11) is 7.03. The second-order valence-electron chi connectivity index (χ2n) is 6.22. The van der Waals surface area contributed by atoms with Gasteiger partial charge in [0.2, 0.25) is 5.91 Å². The zero-order chi connectivity index (χ0) is 19.1. The highest BCUT2D eigenvalue weighted by Gasteiger charge is 2.11. The summed E-state index contributed by atoms with van der Waals surface area (Å²) >= 11 is 0. The molecular formula is C18H26N4O4. The van der Waals surface area contributed by atoms with Gasteiger partial charge in [-0.25, -0.2) is 4.98 Å². The monoisotopic (exact) mass is 362 g/mol. The first-order chi connectivity index (χ1) is 12.5. The largest absolute Gasteiger partial charge is 0.493 e. The summed E-state index contributed by atoms with van der Waals surface area (Å²) in [6, 6.07) is 3.28. The number of hydrogen-bond donors (Lipinski definition) is 1. The van der Waals surface area contributed by atoms with Gasteiger partial charge in [-0.1, -0.05) is 0 Å². The third kappa shape index (κ3) is 4.95. The fraction of sp³-hybridized carbons (Fsp3) is 0.500. The predicted molar refractivity (Wildman–Crippen MR) is 99.9 cm³/mol. The minimum absolute atomic E-state index is 0.0805. The van der Waals surface area contributed by atoms with Gasteiger partial charge < -0.3 is 19.7 Å². The lowest BCUT2D eigenvalue weighted by Gasteiger charge is -2.11. The molecule has 0 spiro atoms. The summed E-state index contributed by atoms with van der Waals surface area (Å²) in [5.74, 6) is 0.903. The second kappa shape index (κ2) is 9.19. The van der Waals surface area contributed by atoms with Gasteiger partial charge in [-0.2, -0.15) is 0 Å². The minimum Gasteiger partial charge on any atom is -0.493 e. The van der Waals surface area contributed by atoms with Crippen LogP contribution >= 0.6 is 0 Å². The van der Waals surface area contributed by atoms with Gasteiger partial charge >= 0.3 is 0 Å². The van der Waals surface area contributed by atoms with Crippen molar-refractivity contribution in [2.24, 2.45) is 0 Å². The van der Waals surface area contributed by atoms with E-state index in [1.54, 1.807) is 12.1 Å². The third-order valence-corrected chi connectivity index (χ3v) is 4.01. The molecule has 0 aliphatic heterocycles. The Morgan fingerprint density at radius 2 is 1.92 bits per heavy atom. The molecule has 0 atom stereocenters. The normalized spacial score (nSPS) is 11.0. The Hall–Kier alpha value is -2.61. The lowest BCUT2D eigenvalue weighted by Crippen LogP contribution is -2.29. The maximum absolute atomic E-state index is 12.6. The summed E-state index contributed by atoms with van der Waals surface area (Å²) in [6.45, 7) is 1.81. The van der Waals surface area contributed by atoms with Gasteiger partial charge in [0.15, 0.2) is 11.5 Å². The van der Waals surface area contributed by atoms with E-state index in [4.69, 9.17) is 9.47 Å². The van der Waals surface area contributed by atoms with Crippen LogP contribution in [0.25, 0.3) is 10.9 Å². The molecule has 8 nitrogen and oxygen atoms in total. The fourth-order valence-corrected chi connectivity index (χ4v) is 2.58. The van der Waals surface area contributed by atoms with Crippen LogP contribution in [0.1, 0.15) is 12.8 Å². The number of amides is 1. The van der Waals surface area contributed by atoms with E-state index in [-0.39, 0.29) is 24.4 Å². The average molecular weight is 362 g/mol. The van der Waals surface area contributed by atoms with E-state index in [0.29, 0.717) is 28.9 Å². The summed E-state index contributed by atoms with van der Waals surface area (Å²) in [5, 5.41) is 3.29. The van der Waals surface area contributed by atoms with Crippen molar-refractivity contribution in [1.82, 2.24) is 19.8 Å². The molecule has 142 valence electrons. The van der Waals surface area contributed by atoms with E-state index in [1.807, 2.05) is 14.1 Å². The zero-order valence-corrected chi connectivity index (χ0v) is 15.7. The van der Waals surface area contributed by atoms with Crippen molar-refractivity contribution in [1.29, 1.82) is 0 Å². The maximum atomic E-state index is 12.6. The Labute approximate surface area is 152 Å². The van der Waals surface area contributed by atoms with Crippen molar-refractivity contribution >= 4 is 16.8 Å². The molecule has 1 amide bonds. The SMILES string of the molecule is COc1cc2ncn(CCC(=O)NCCCN(C)C)c(=O)c2cc1OC. The zero-order valence-electron chi connectivity index (χ0n) is 15.7. The molecule has 0 fully saturated rings. The first-order valence-electron chi connectivity index (χ1n) is 8.49. The Morgan fingerprint density at radius 3 is 2.58 bits per heavy atom. The highest BCUT2D eigenvalue weighted by Crippen LogP contribution is 2.29. The highest BCUT2D eigenvalue weighted by atomic mass is 16.5. The molecule has 0 saturated heterocycles. The number of fused-ring (bicyclic) bond motifs is 1. The van der Waals surface area contributed by atoms with Crippen LogP contribution in [-0.2, 0) is 11.3 Å². The number of methoxy groups -OCH3 is 2. The van der Waals surface area contributed by atoms with Gasteiger partial charge in [0.05, 0.1) is 31.4 Å². The molecule has 1 heterocycles. The van der Waals surface area contributed by atoms with E-state index in [2.05, 4.69) is 15.2 Å². The third-order valence-electron chi connectivity index (χ3n) is 4.01. The van der Waals surface area contributed by atoms with Crippen LogP contribution in [0.15, 0.2) is 23.3 Å². The molecule has 0 saturated carbocycles. The van der Waals surface area contributed by atoms with Gasteiger partial charge in [-0.05, 0) is 33.1 Å². The number of carbonyl (C=O) groups is 1. The molecule has 2 rings (SSSR count). The molecule has 8 heteroatoms. The van der Waals surface area contributed by atoms with E-state index in [1.165, 1.54) is 25.1 Å². The van der Waals surface area contributed by atoms with Crippen LogP contribution < -0.4 is 20.3 Å². The second-order valence-corrected chi connectivity index (χ2v) is 6.22. The Morgan fingerprint density at radius 1 is 1.23 bits per heavy atom. The van der Waals surface area contributed by atoms with E-state index >= 15 is 0 Å². The number of nitrogens with one attached hydrogen (secondary N) is 1. The molecule has 26 heavy (non-hydrogen) atoms. The molecular weight excluding hydrogens is 336 g/mol. The summed E-state index contributed by atoms with van der Waals surface area (Å²) in [4.78, 5) is 30.9. The van der Waals surface area contributed by atoms with Crippen molar-refractivity contribution < 1.29 is 14.3 Å². The van der Waals surface area contributed by atoms with Crippen molar-refractivity contribution in [3.8, 4) is 11.5 Å². The number of hydrogen-bond acceptors (Lipinski definition) is 6. The number of ether oxygens (including phenoxy) is 2. The quantitative estimate of drug-likeness (QED) is 0.666. The van der Waals surface area contributed by atoms with Gasteiger partial charge in [0.1, 0.15) is 0 Å². The summed E-state index contributed by atoms with van der Waals surface area (Å²) < 4.78 is 11.9. The number of nitrogens with zero attached hydrogens (tertiary/aromatic N) is 3. The summed E-state index contributed by atoms with van der Waals surface area (Å²) in [5.41, 5.74) is 0.313. The fourth-order valence-electron chi connectivity index (χ4n) is 2.58. The highest BCUT2D eigenvalue weighted by molar-refractivity contribution is 5.81. The van der Waals surface area contributed by atoms with E-state index in [0.717, 1.165) is 13.0 Å². The van der Waals surface area contributed by atoms with Crippen LogP contribution in [-0.4, -0.2) is 61.8 Å². The number of carbonyl (C=O) groups excluding carboxylic acids is 1. The number of benzene rings is 1. The van der Waals surface area contributed by atoms with Gasteiger partial charge in [-0.15, -0.1) is 0 Å². The predicted octanol–water partition coefficient (Wildman–Crippen LogP) is 0.872. The molecule has 0 unspecified atom stereocenters. The van der Waals surface area contributed by atoms with Crippen molar-refractivity contribution in [3.63, 3.8) is 0 Å². The van der Waals surface area contributed by atoms with Crippen LogP contribution in [0.2, 0.25) is 0 Å². The van der Waals surface area contributed by atoms with Crippen LogP contribution in [0, 0.1) is 0 Å². The lowest BCUT2D eigenvalue weighted by atomic mass is 10.2. The molecule has 0 aliphatic rings. The topological polar surface area (TPSA) is 85.7 Å². The molecule has 0 aliphatic carbocycles. The standard InChI is InChI=1S/C18H26N4O4/c1-21(2)8-5-7-19-17(23)6-9-22-12-20-14-11-16(26-4)15(25-3)10-13(14)18(22)24/h10-12H,5-9H2,1-4H3,(H,19,23). The van der Waals surface area contributed by atoms with E-state index in [9.17, 15) is 9.59 Å². The Bertz CT molecular complexity index is 817. The molecule has 1 aromatic heterocycles. The summed E-state index contributed by atoms with van der Waals surface area (Å²) in [6.07, 6.45) is 2.57. The maximum Gasteiger partial charge on any atom is 0.261 e. The minimum atomic E-state index is -0.212. The van der Waals surface area contributed by atoms with Crippen LogP contribution in [0.3, 0.4) is 0 Å². The molecule has 2 aromatic rings. The van der Waals surface area contributed by atoms with Crippen LogP contribution in [0.4, 0.5) is 0 Å². The van der Waals surface area contributed by atoms with Crippen molar-refractivity contribution in [2.45, 2.75) is 19.4 Å². The van der Waals surface area contributed by atoms with Gasteiger partial charge in [0.25, 0.3) is 5.56 Å². The van der Waals surface area contributed by atoms with Crippen LogP contribution in [0.5, 0.6) is 11.5 Å². The first kappa shape index (κ1) is 19.7. The Kier molecular flexibility index (Phi) is 6.97. The molecule has 1 N–H and O–H groups in total. The van der Waals surface area contributed by atoms with Crippen molar-refractivity contribution in [3.05, 3.63) is 28.8 Å². The lowest BCUT2D eigenvalue weighted by molar-refractivity contribution is -0.121. The first-order valence-corrected chi connectivity index (χ1v) is 8.49. The molecule has 0 radical (unpaired) electrons. The number of aromatic nitrogens is 2. The van der Waals surface area contributed by atoms with E-state index < -0.39 is 0 Å². The Balaban J connectivity index is 2.05. The molecule has 0 bridgehead atoms. The number of aryl methyl sites for hydroxylation is 1. The molecule has 1 aromatic carbocycles. The number of rotatable bonds is 9. The van der Waals surface area contributed by atoms with Gasteiger partial charge in [-0.3, -0.25) is 14.2 Å². The van der Waals surface area contributed by atoms with Gasteiger partial charge in [0, 0.05) is 25.6 Å². The average Bonchev–Trinajstić information content (AvgIpc) is 2.63. The van der Waals surface area contributed by atoms with Crippen molar-refractivity contribution in [2.75, 3.05) is 41.4 Å². The smallest absolute Gasteiger partial charge is 0.261 e.